The van der Waals surface area contributed by atoms with Gasteiger partial charge < -0.3 is 5.32 Å². The molecule has 1 nitrogen and oxygen atoms in total. The van der Waals surface area contributed by atoms with Crippen molar-refractivity contribution in [1.82, 2.24) is 0 Å². The average molecular weight is 303 g/mol. The van der Waals surface area contributed by atoms with Crippen molar-refractivity contribution in [2.24, 2.45) is 0 Å². The minimum Gasteiger partial charge on any atom is -0.356 e. The summed E-state index contributed by atoms with van der Waals surface area (Å²) in [5.41, 5.74) is 4.89. The third kappa shape index (κ3) is 3.29. The number of nitrogens with one attached hydrogen (secondary N) is 1. The highest BCUT2D eigenvalue weighted by Crippen LogP contribution is 2.22. The number of para-hydroxylation sites is 1. The Bertz CT molecular complexity index is 733. The molecule has 0 aliphatic carbocycles. The Morgan fingerprint density at radius 2 is 1.23 bits per heavy atom. The number of benzene rings is 3. The molecule has 0 fully saturated rings. The van der Waals surface area contributed by atoms with E-state index >= 15 is 0 Å². The van der Waals surface area contributed by atoms with Crippen LogP contribution in [0.25, 0.3) is 11.1 Å². The zero-order valence-corrected chi connectivity index (χ0v) is 14.2. The molecule has 0 amide bonds. The lowest BCUT2D eigenvalue weighted by Gasteiger charge is -2.14. The van der Waals surface area contributed by atoms with Gasteiger partial charge in [-0.2, -0.15) is 0 Å². The molecule has 0 radical (unpaired) electrons. The number of hydrogen-bond donors (Lipinski definition) is 1. The van der Waals surface area contributed by atoms with Gasteiger partial charge in [0.1, 0.15) is 0 Å². The van der Waals surface area contributed by atoms with E-state index in [2.05, 4.69) is 91.2 Å². The van der Waals surface area contributed by atoms with Gasteiger partial charge in [-0.3, -0.25) is 0 Å². The highest BCUT2D eigenvalue weighted by molar-refractivity contribution is 6.72. The third-order valence-electron chi connectivity index (χ3n) is 3.85. The fourth-order valence-electron chi connectivity index (χ4n) is 2.65. The van der Waals surface area contributed by atoms with E-state index in [1.807, 2.05) is 6.07 Å². The summed E-state index contributed by atoms with van der Waals surface area (Å²) in [4.78, 5) is 0. The topological polar surface area (TPSA) is 12.0 Å². The van der Waals surface area contributed by atoms with Crippen LogP contribution in [0.5, 0.6) is 0 Å². The van der Waals surface area contributed by atoms with Gasteiger partial charge in [0.05, 0.1) is 8.80 Å². The zero-order chi connectivity index (χ0) is 15.4. The van der Waals surface area contributed by atoms with E-state index in [-0.39, 0.29) is 0 Å². The third-order valence-corrected chi connectivity index (χ3v) is 5.60. The largest absolute Gasteiger partial charge is 0.356 e. The van der Waals surface area contributed by atoms with Crippen LogP contribution in [-0.4, -0.2) is 8.80 Å². The molecule has 22 heavy (non-hydrogen) atoms. The second-order valence-corrected chi connectivity index (χ2v) is 8.74. The molecule has 0 spiro atoms. The number of hydrogen-bond acceptors (Lipinski definition) is 1. The van der Waals surface area contributed by atoms with Crippen molar-refractivity contribution in [2.75, 3.05) is 5.32 Å². The van der Waals surface area contributed by atoms with E-state index in [1.54, 1.807) is 0 Å². The molecule has 3 aromatic rings. The number of rotatable bonds is 4. The Morgan fingerprint density at radius 1 is 0.636 bits per heavy atom. The first kappa shape index (κ1) is 14.6. The fourth-order valence-corrected chi connectivity index (χ4v) is 3.93. The normalized spacial score (nSPS) is 10.7. The molecule has 3 rings (SSSR count). The van der Waals surface area contributed by atoms with Gasteiger partial charge in [0, 0.05) is 11.4 Å². The van der Waals surface area contributed by atoms with E-state index in [4.69, 9.17) is 0 Å². The minimum atomic E-state index is -0.831. The van der Waals surface area contributed by atoms with Crippen LogP contribution in [0.1, 0.15) is 0 Å². The standard InChI is InChI=1S/C20H21NSi/c1-22(2)20-11-7-6-10-19(20)21-18-14-12-17(13-15-18)16-8-4-3-5-9-16/h3-15,21-22H,1-2H3. The SMILES string of the molecule is C[SiH](C)c1ccccc1Nc1ccc(-c2ccccc2)cc1. The molecule has 0 aliphatic heterocycles. The molecule has 3 aromatic carbocycles. The van der Waals surface area contributed by atoms with Crippen LogP contribution in [0.15, 0.2) is 78.9 Å². The summed E-state index contributed by atoms with van der Waals surface area (Å²) < 4.78 is 0. The molecular weight excluding hydrogens is 282 g/mol. The smallest absolute Gasteiger partial charge is 0.0674 e. The molecule has 1 N–H and O–H groups in total. The molecule has 0 saturated carbocycles. The van der Waals surface area contributed by atoms with Gasteiger partial charge in [-0.25, -0.2) is 0 Å². The quantitative estimate of drug-likeness (QED) is 0.683. The van der Waals surface area contributed by atoms with Crippen molar-refractivity contribution in [3.8, 4) is 11.1 Å². The molecule has 110 valence electrons. The maximum atomic E-state index is 3.57. The van der Waals surface area contributed by atoms with Crippen molar-refractivity contribution >= 4 is 25.4 Å². The van der Waals surface area contributed by atoms with E-state index < -0.39 is 8.80 Å². The predicted molar refractivity (Wildman–Crippen MR) is 100 cm³/mol. The monoisotopic (exact) mass is 303 g/mol. The lowest BCUT2D eigenvalue weighted by atomic mass is 10.1. The summed E-state index contributed by atoms with van der Waals surface area (Å²) in [5.74, 6) is 0. The Balaban J connectivity index is 1.83. The van der Waals surface area contributed by atoms with Crippen LogP contribution in [0.2, 0.25) is 13.1 Å². The summed E-state index contributed by atoms with van der Waals surface area (Å²) in [5, 5.41) is 5.05. The van der Waals surface area contributed by atoms with E-state index in [0.29, 0.717) is 0 Å². The lowest BCUT2D eigenvalue weighted by Crippen LogP contribution is -2.25. The predicted octanol–water partition coefficient (Wildman–Crippen LogP) is 4.79. The lowest BCUT2D eigenvalue weighted by molar-refractivity contribution is 1.55. The van der Waals surface area contributed by atoms with Gasteiger partial charge in [-0.1, -0.05) is 73.8 Å². The summed E-state index contributed by atoms with van der Waals surface area (Å²) >= 11 is 0. The summed E-state index contributed by atoms with van der Waals surface area (Å²) in [6.45, 7) is 4.72. The molecule has 2 heteroatoms. The summed E-state index contributed by atoms with van der Waals surface area (Å²) in [7, 11) is -0.831. The van der Waals surface area contributed by atoms with Gasteiger partial charge in [0.2, 0.25) is 0 Å². The van der Waals surface area contributed by atoms with Crippen molar-refractivity contribution < 1.29 is 0 Å². The first-order chi connectivity index (χ1) is 10.7. The van der Waals surface area contributed by atoms with Crippen molar-refractivity contribution in [2.45, 2.75) is 13.1 Å². The average Bonchev–Trinajstić information content (AvgIpc) is 2.57. The summed E-state index contributed by atoms with van der Waals surface area (Å²) in [6, 6.07) is 27.8. The van der Waals surface area contributed by atoms with Crippen LogP contribution >= 0.6 is 0 Å². The maximum absolute atomic E-state index is 3.57. The van der Waals surface area contributed by atoms with Gasteiger partial charge in [-0.05, 0) is 34.5 Å². The number of anilines is 2. The molecule has 0 bridgehead atoms. The van der Waals surface area contributed by atoms with Gasteiger partial charge >= 0.3 is 0 Å². The molecular formula is C20H21NSi. The first-order valence-corrected chi connectivity index (χ1v) is 10.6. The fraction of sp³-hybridized carbons (Fsp3) is 0.100. The second-order valence-electron chi connectivity index (χ2n) is 5.81. The minimum absolute atomic E-state index is 0.831. The highest BCUT2D eigenvalue weighted by Gasteiger charge is 2.06. The van der Waals surface area contributed by atoms with Crippen LogP contribution in [0.3, 0.4) is 0 Å². The van der Waals surface area contributed by atoms with Gasteiger partial charge in [-0.15, -0.1) is 0 Å². The molecule has 0 unspecified atom stereocenters. The molecule has 0 atom stereocenters. The zero-order valence-electron chi connectivity index (χ0n) is 13.1. The molecule has 0 aliphatic rings. The molecule has 0 heterocycles. The van der Waals surface area contributed by atoms with Crippen LogP contribution in [-0.2, 0) is 0 Å². The second kappa shape index (κ2) is 6.63. The molecule has 0 aromatic heterocycles. The first-order valence-electron chi connectivity index (χ1n) is 7.75. The van der Waals surface area contributed by atoms with Crippen molar-refractivity contribution in [3.05, 3.63) is 78.9 Å². The Labute approximate surface area is 134 Å². The van der Waals surface area contributed by atoms with Gasteiger partial charge in [0.15, 0.2) is 0 Å². The van der Waals surface area contributed by atoms with E-state index in [0.717, 1.165) is 5.69 Å². The molecule has 0 saturated heterocycles. The van der Waals surface area contributed by atoms with Crippen LogP contribution in [0, 0.1) is 0 Å². The Kier molecular flexibility index (Phi) is 4.40. The van der Waals surface area contributed by atoms with Crippen molar-refractivity contribution in [1.29, 1.82) is 0 Å². The Morgan fingerprint density at radius 3 is 1.91 bits per heavy atom. The highest BCUT2D eigenvalue weighted by atomic mass is 28.3. The summed E-state index contributed by atoms with van der Waals surface area (Å²) in [6.07, 6.45) is 0. The van der Waals surface area contributed by atoms with Crippen molar-refractivity contribution in [3.63, 3.8) is 0 Å². The van der Waals surface area contributed by atoms with Crippen LogP contribution in [0.4, 0.5) is 11.4 Å². The van der Waals surface area contributed by atoms with Gasteiger partial charge in [0.25, 0.3) is 0 Å². The van der Waals surface area contributed by atoms with E-state index in [9.17, 15) is 0 Å². The maximum Gasteiger partial charge on any atom is 0.0674 e. The van der Waals surface area contributed by atoms with E-state index in [1.165, 1.54) is 22.0 Å². The Hall–Kier alpha value is -2.32. The van der Waals surface area contributed by atoms with Crippen LogP contribution < -0.4 is 10.5 Å².